The van der Waals surface area contributed by atoms with E-state index < -0.39 is 16.9 Å². The molecule has 5 rings (SSSR count). The minimum atomic E-state index is -0.670. The van der Waals surface area contributed by atoms with E-state index in [0.717, 1.165) is 5.76 Å². The normalized spacial score (nSPS) is 16.2. The summed E-state index contributed by atoms with van der Waals surface area (Å²) in [6.07, 6.45) is 1.64. The molecule has 2 atom stereocenters. The first-order valence-corrected chi connectivity index (χ1v) is 14.3. The number of ketones is 1. The summed E-state index contributed by atoms with van der Waals surface area (Å²) in [5.41, 5.74) is 0.530. The van der Waals surface area contributed by atoms with Crippen LogP contribution in [-0.2, 0) is 12.8 Å². The zero-order chi connectivity index (χ0) is 30.3. The third-order valence-electron chi connectivity index (χ3n) is 7.94. The number of anilines is 3. The number of furan rings is 1. The van der Waals surface area contributed by atoms with Crippen molar-refractivity contribution in [1.29, 1.82) is 0 Å². The van der Waals surface area contributed by atoms with E-state index >= 15 is 0 Å². The lowest BCUT2D eigenvalue weighted by Gasteiger charge is -2.31. The van der Waals surface area contributed by atoms with Crippen molar-refractivity contribution in [1.82, 2.24) is 0 Å². The van der Waals surface area contributed by atoms with E-state index in [1.54, 1.807) is 24.3 Å². The highest BCUT2D eigenvalue weighted by Gasteiger charge is 2.34. The molecule has 1 unspecified atom stereocenters. The molecule has 1 heterocycles. The molecule has 0 amide bonds. The molecule has 42 heavy (non-hydrogen) atoms. The smallest absolute Gasteiger partial charge is 0.253 e. The van der Waals surface area contributed by atoms with E-state index in [-0.39, 0.29) is 40.7 Å². The summed E-state index contributed by atoms with van der Waals surface area (Å²) < 4.78 is 25.7. The lowest BCUT2D eigenvalue weighted by molar-refractivity contribution is 0.0979. The fourth-order valence-electron chi connectivity index (χ4n) is 5.67. The van der Waals surface area contributed by atoms with Crippen molar-refractivity contribution in [3.05, 3.63) is 102 Å². The Morgan fingerprint density at radius 1 is 1.07 bits per heavy atom. The molecular formula is C33H34ClFN2O5. The van der Waals surface area contributed by atoms with E-state index in [9.17, 15) is 18.8 Å². The minimum Gasteiger partial charge on any atom is -0.497 e. The first kappa shape index (κ1) is 29.6. The van der Waals surface area contributed by atoms with E-state index in [4.69, 9.17) is 20.8 Å². The molecule has 7 nitrogen and oxygen atoms in total. The van der Waals surface area contributed by atoms with Crippen molar-refractivity contribution >= 4 is 34.4 Å². The monoisotopic (exact) mass is 592 g/mol. The van der Waals surface area contributed by atoms with Gasteiger partial charge in [-0.15, -0.1) is 0 Å². The second kappa shape index (κ2) is 11.4. The van der Waals surface area contributed by atoms with Gasteiger partial charge in [-0.1, -0.05) is 32.4 Å². The molecular weight excluding hydrogens is 559 g/mol. The zero-order valence-corrected chi connectivity index (χ0v) is 25.1. The molecule has 0 bridgehead atoms. The number of carbonyl (C=O) groups is 1. The van der Waals surface area contributed by atoms with Crippen molar-refractivity contribution in [3.63, 3.8) is 0 Å². The van der Waals surface area contributed by atoms with Gasteiger partial charge in [-0.25, -0.2) is 4.39 Å². The molecule has 1 aliphatic carbocycles. The molecule has 220 valence electrons. The van der Waals surface area contributed by atoms with E-state index in [2.05, 4.69) is 10.6 Å². The summed E-state index contributed by atoms with van der Waals surface area (Å²) in [4.78, 5) is 39.0. The molecule has 0 fully saturated rings. The fraction of sp³-hybridized carbons (Fsp3) is 0.364. The van der Waals surface area contributed by atoms with Crippen molar-refractivity contribution in [3.8, 4) is 5.75 Å². The number of carbonyl (C=O) groups excluding carboxylic acids is 1. The van der Waals surface area contributed by atoms with Crippen LogP contribution < -0.4 is 26.2 Å². The molecule has 0 saturated heterocycles. The SMILES string of the molecule is COc1ccc(F)c(CC2CCC(=O)c3c(Nc4c(N[C@@H](c5ccc(C)o5)C(C)(C)C)c(=O)c4=O)ccc(Cl)c3C2)c1. The second-order valence-corrected chi connectivity index (χ2v) is 12.5. The van der Waals surface area contributed by atoms with Gasteiger partial charge in [0.15, 0.2) is 5.78 Å². The van der Waals surface area contributed by atoms with Crippen LogP contribution in [0.25, 0.3) is 0 Å². The largest absolute Gasteiger partial charge is 0.497 e. The van der Waals surface area contributed by atoms with E-state index in [1.807, 2.05) is 39.8 Å². The van der Waals surface area contributed by atoms with Gasteiger partial charge < -0.3 is 19.8 Å². The fourth-order valence-corrected chi connectivity index (χ4v) is 5.90. The van der Waals surface area contributed by atoms with Crippen LogP contribution in [0, 0.1) is 24.1 Å². The Balaban J connectivity index is 1.46. The molecule has 1 aromatic heterocycles. The predicted molar refractivity (Wildman–Crippen MR) is 163 cm³/mol. The Kier molecular flexibility index (Phi) is 8.03. The number of Topliss-reactive ketones (excluding diaryl/α,β-unsaturated/α-hetero) is 1. The zero-order valence-electron chi connectivity index (χ0n) is 24.3. The second-order valence-electron chi connectivity index (χ2n) is 12.1. The third-order valence-corrected chi connectivity index (χ3v) is 8.29. The number of hydrogen-bond acceptors (Lipinski definition) is 7. The quantitative estimate of drug-likeness (QED) is 0.164. The summed E-state index contributed by atoms with van der Waals surface area (Å²) in [6, 6.07) is 11.3. The molecule has 2 N–H and O–H groups in total. The van der Waals surface area contributed by atoms with Gasteiger partial charge in [0.1, 0.15) is 34.5 Å². The first-order chi connectivity index (χ1) is 19.9. The maximum Gasteiger partial charge on any atom is 0.253 e. The van der Waals surface area contributed by atoms with Gasteiger partial charge in [0, 0.05) is 22.7 Å². The highest BCUT2D eigenvalue weighted by molar-refractivity contribution is 6.32. The maximum atomic E-state index is 14.6. The van der Waals surface area contributed by atoms with Gasteiger partial charge in [-0.2, -0.15) is 0 Å². The number of benzene rings is 2. The topological polar surface area (TPSA) is 97.6 Å². The Morgan fingerprint density at radius 2 is 1.81 bits per heavy atom. The van der Waals surface area contributed by atoms with Gasteiger partial charge in [0.05, 0.1) is 13.2 Å². The number of aryl methyl sites for hydroxylation is 1. The predicted octanol–water partition coefficient (Wildman–Crippen LogP) is 7.31. The van der Waals surface area contributed by atoms with Gasteiger partial charge in [-0.3, -0.25) is 14.4 Å². The van der Waals surface area contributed by atoms with Crippen LogP contribution in [0.1, 0.15) is 72.7 Å². The van der Waals surface area contributed by atoms with Gasteiger partial charge in [-0.05, 0) is 91.1 Å². The summed E-state index contributed by atoms with van der Waals surface area (Å²) in [7, 11) is 1.53. The molecule has 0 saturated carbocycles. The van der Waals surface area contributed by atoms with Crippen molar-refractivity contribution < 1.29 is 18.3 Å². The van der Waals surface area contributed by atoms with Crippen molar-refractivity contribution in [2.75, 3.05) is 17.7 Å². The molecule has 4 aromatic rings. The van der Waals surface area contributed by atoms with Gasteiger partial charge in [0.25, 0.3) is 10.9 Å². The maximum absolute atomic E-state index is 14.6. The highest BCUT2D eigenvalue weighted by atomic mass is 35.5. The number of hydrogen-bond donors (Lipinski definition) is 2. The van der Waals surface area contributed by atoms with Crippen LogP contribution in [0.4, 0.5) is 21.5 Å². The number of methoxy groups -OCH3 is 1. The highest BCUT2D eigenvalue weighted by Crippen LogP contribution is 2.40. The molecule has 3 aromatic carbocycles. The van der Waals surface area contributed by atoms with Gasteiger partial charge in [0.2, 0.25) is 0 Å². The Labute approximate surface area is 248 Å². The van der Waals surface area contributed by atoms with Crippen LogP contribution in [0.5, 0.6) is 5.75 Å². The van der Waals surface area contributed by atoms with Crippen LogP contribution >= 0.6 is 11.6 Å². The lowest BCUT2D eigenvalue weighted by atomic mass is 9.84. The van der Waals surface area contributed by atoms with Crippen molar-refractivity contribution in [2.24, 2.45) is 11.3 Å². The summed E-state index contributed by atoms with van der Waals surface area (Å²) in [5, 5.41) is 6.74. The summed E-state index contributed by atoms with van der Waals surface area (Å²) in [6.45, 7) is 7.86. The first-order valence-electron chi connectivity index (χ1n) is 14.0. The lowest BCUT2D eigenvalue weighted by Crippen LogP contribution is -2.39. The molecule has 1 aliphatic rings. The van der Waals surface area contributed by atoms with Crippen LogP contribution in [0.3, 0.4) is 0 Å². The van der Waals surface area contributed by atoms with Gasteiger partial charge >= 0.3 is 0 Å². The minimum absolute atomic E-state index is 0.0443. The molecule has 0 aliphatic heterocycles. The number of fused-ring (bicyclic) bond motifs is 1. The Bertz CT molecular complexity index is 1730. The number of ether oxygens (including phenoxy) is 1. The molecule has 9 heteroatoms. The average Bonchev–Trinajstić information content (AvgIpc) is 3.29. The summed E-state index contributed by atoms with van der Waals surface area (Å²) >= 11 is 6.62. The Hall–Kier alpha value is -3.91. The third kappa shape index (κ3) is 5.73. The van der Waals surface area contributed by atoms with E-state index in [0.29, 0.717) is 58.2 Å². The number of nitrogens with one attached hydrogen (secondary N) is 2. The van der Waals surface area contributed by atoms with Crippen molar-refractivity contribution in [2.45, 2.75) is 59.4 Å². The average molecular weight is 593 g/mol. The molecule has 0 spiro atoms. The standard InChI is InChI=1S/C33H34ClFN2O5/c1-17-6-13-26(42-17)32(33(2,3)4)37-29-28(30(39)31(29)40)36-24-11-9-22(34)21-15-18(7-12-25(38)27(21)24)14-19-16-20(41-5)8-10-23(19)35/h6,8-11,13,16,18,32,36-37H,7,12,14-15H2,1-5H3/t18?,32-/m0/s1. The van der Waals surface area contributed by atoms with E-state index in [1.165, 1.54) is 13.2 Å². The molecule has 0 radical (unpaired) electrons. The summed E-state index contributed by atoms with van der Waals surface area (Å²) in [5.74, 6) is 1.45. The number of halogens is 2. The van der Waals surface area contributed by atoms with Crippen LogP contribution in [0.15, 0.2) is 56.5 Å². The van der Waals surface area contributed by atoms with Crippen LogP contribution in [-0.4, -0.2) is 12.9 Å². The number of rotatable bonds is 8. The Morgan fingerprint density at radius 3 is 2.48 bits per heavy atom. The van der Waals surface area contributed by atoms with Crippen LogP contribution in [0.2, 0.25) is 5.02 Å².